The van der Waals surface area contributed by atoms with Crippen LogP contribution in [0.2, 0.25) is 0 Å². The molecular formula is C20H21N3O. The second kappa shape index (κ2) is 7.13. The molecule has 0 unspecified atom stereocenters. The lowest BCUT2D eigenvalue weighted by Crippen LogP contribution is -2.23. The molecule has 2 aromatic carbocycles. The van der Waals surface area contributed by atoms with Crippen LogP contribution in [0.25, 0.3) is 11.1 Å². The Bertz CT molecular complexity index is 805. The van der Waals surface area contributed by atoms with Gasteiger partial charge in [0.25, 0.3) is 5.91 Å². The van der Waals surface area contributed by atoms with Crippen molar-refractivity contribution < 1.29 is 4.79 Å². The van der Waals surface area contributed by atoms with Gasteiger partial charge in [-0.2, -0.15) is 5.10 Å². The van der Waals surface area contributed by atoms with Gasteiger partial charge < -0.3 is 5.32 Å². The van der Waals surface area contributed by atoms with Crippen LogP contribution in [-0.2, 0) is 6.54 Å². The van der Waals surface area contributed by atoms with Gasteiger partial charge in [0, 0.05) is 23.9 Å². The molecule has 0 saturated carbocycles. The first kappa shape index (κ1) is 16.0. The Kier molecular flexibility index (Phi) is 4.75. The van der Waals surface area contributed by atoms with E-state index in [1.54, 1.807) is 6.20 Å². The van der Waals surface area contributed by atoms with E-state index >= 15 is 0 Å². The topological polar surface area (TPSA) is 57.8 Å². The van der Waals surface area contributed by atoms with Crippen molar-refractivity contribution in [1.29, 1.82) is 0 Å². The summed E-state index contributed by atoms with van der Waals surface area (Å²) in [6, 6.07) is 15.8. The number of aromatic amines is 1. The molecule has 0 aliphatic carbocycles. The normalized spacial score (nSPS) is 10.8. The van der Waals surface area contributed by atoms with E-state index < -0.39 is 0 Å². The summed E-state index contributed by atoms with van der Waals surface area (Å²) in [6.07, 6.45) is 3.59. The molecule has 122 valence electrons. The van der Waals surface area contributed by atoms with Gasteiger partial charge in [-0.05, 0) is 34.7 Å². The number of H-pyrrole nitrogens is 1. The summed E-state index contributed by atoms with van der Waals surface area (Å²) in [5.74, 6) is 0.375. The van der Waals surface area contributed by atoms with Gasteiger partial charge in [0.05, 0.1) is 6.20 Å². The minimum Gasteiger partial charge on any atom is -0.348 e. The summed E-state index contributed by atoms with van der Waals surface area (Å²) in [5, 5.41) is 9.73. The molecule has 4 heteroatoms. The van der Waals surface area contributed by atoms with Crippen molar-refractivity contribution in [3.8, 4) is 11.1 Å². The fourth-order valence-electron chi connectivity index (χ4n) is 2.76. The summed E-state index contributed by atoms with van der Waals surface area (Å²) in [5.41, 5.74) is 5.13. The van der Waals surface area contributed by atoms with E-state index in [4.69, 9.17) is 0 Å². The number of nitrogens with zero attached hydrogens (tertiary/aromatic N) is 1. The Labute approximate surface area is 141 Å². The second-order valence-corrected chi connectivity index (χ2v) is 6.10. The first-order chi connectivity index (χ1) is 11.6. The largest absolute Gasteiger partial charge is 0.348 e. The summed E-state index contributed by atoms with van der Waals surface area (Å²) >= 11 is 0. The van der Waals surface area contributed by atoms with Crippen LogP contribution in [-0.4, -0.2) is 16.1 Å². The van der Waals surface area contributed by atoms with Crippen LogP contribution >= 0.6 is 0 Å². The predicted octanol–water partition coefficient (Wildman–Crippen LogP) is 4.13. The van der Waals surface area contributed by atoms with Gasteiger partial charge in [0.2, 0.25) is 0 Å². The van der Waals surface area contributed by atoms with Crippen LogP contribution < -0.4 is 5.32 Å². The summed E-state index contributed by atoms with van der Waals surface area (Å²) in [7, 11) is 0. The molecule has 1 amide bonds. The van der Waals surface area contributed by atoms with Crippen molar-refractivity contribution in [3.63, 3.8) is 0 Å². The van der Waals surface area contributed by atoms with E-state index in [1.807, 2.05) is 42.6 Å². The minimum atomic E-state index is -0.0627. The Morgan fingerprint density at radius 2 is 1.83 bits per heavy atom. The highest BCUT2D eigenvalue weighted by atomic mass is 16.1. The third kappa shape index (κ3) is 3.54. The number of aromatic nitrogens is 2. The molecule has 0 atom stereocenters. The van der Waals surface area contributed by atoms with Crippen molar-refractivity contribution in [2.75, 3.05) is 0 Å². The number of carbonyl (C=O) groups excluding carboxylic acids is 1. The van der Waals surface area contributed by atoms with Crippen molar-refractivity contribution in [2.24, 2.45) is 0 Å². The average Bonchev–Trinajstić information content (AvgIpc) is 3.14. The summed E-state index contributed by atoms with van der Waals surface area (Å²) in [4.78, 5) is 12.4. The van der Waals surface area contributed by atoms with Gasteiger partial charge >= 0.3 is 0 Å². The molecule has 4 nitrogen and oxygen atoms in total. The molecule has 3 aromatic rings. The quantitative estimate of drug-likeness (QED) is 0.743. The van der Waals surface area contributed by atoms with E-state index in [1.165, 1.54) is 5.56 Å². The number of rotatable bonds is 5. The van der Waals surface area contributed by atoms with Crippen LogP contribution in [0.1, 0.15) is 41.3 Å². The molecular weight excluding hydrogens is 298 g/mol. The molecule has 3 rings (SSSR count). The summed E-state index contributed by atoms with van der Waals surface area (Å²) in [6.45, 7) is 4.86. The van der Waals surface area contributed by atoms with Gasteiger partial charge in [0.1, 0.15) is 0 Å². The van der Waals surface area contributed by atoms with Crippen molar-refractivity contribution in [2.45, 2.75) is 26.3 Å². The van der Waals surface area contributed by atoms with Crippen LogP contribution in [0.15, 0.2) is 60.9 Å². The Balaban J connectivity index is 1.67. The minimum absolute atomic E-state index is 0.0627. The highest BCUT2D eigenvalue weighted by Crippen LogP contribution is 2.20. The zero-order valence-corrected chi connectivity index (χ0v) is 13.9. The standard InChI is InChI=1S/C20H21N3O/c1-14(2)19-6-4-3-5-17(19)11-21-20(24)16-9-7-15(8-10-16)18-12-22-23-13-18/h3-10,12-14H,11H2,1-2H3,(H,21,24)(H,22,23). The first-order valence-corrected chi connectivity index (χ1v) is 8.10. The Morgan fingerprint density at radius 3 is 2.50 bits per heavy atom. The SMILES string of the molecule is CC(C)c1ccccc1CNC(=O)c1ccc(-c2cn[nH]c2)cc1. The monoisotopic (exact) mass is 319 g/mol. The molecule has 0 aliphatic rings. The van der Waals surface area contributed by atoms with E-state index in [2.05, 4.69) is 41.5 Å². The van der Waals surface area contributed by atoms with Gasteiger partial charge in [0.15, 0.2) is 0 Å². The lowest BCUT2D eigenvalue weighted by Gasteiger charge is -2.13. The van der Waals surface area contributed by atoms with Crippen LogP contribution in [0, 0.1) is 0 Å². The molecule has 24 heavy (non-hydrogen) atoms. The zero-order chi connectivity index (χ0) is 16.9. The molecule has 0 spiro atoms. The van der Waals surface area contributed by atoms with Crippen molar-refractivity contribution in [1.82, 2.24) is 15.5 Å². The maximum Gasteiger partial charge on any atom is 0.251 e. The van der Waals surface area contributed by atoms with Crippen molar-refractivity contribution in [3.05, 3.63) is 77.6 Å². The molecule has 0 aliphatic heterocycles. The van der Waals surface area contributed by atoms with Crippen LogP contribution in [0.5, 0.6) is 0 Å². The number of hydrogen-bond donors (Lipinski definition) is 2. The molecule has 0 saturated heterocycles. The van der Waals surface area contributed by atoms with Crippen molar-refractivity contribution >= 4 is 5.91 Å². The van der Waals surface area contributed by atoms with Gasteiger partial charge in [-0.1, -0.05) is 50.2 Å². The van der Waals surface area contributed by atoms with E-state index in [0.717, 1.165) is 16.7 Å². The number of nitrogens with one attached hydrogen (secondary N) is 2. The number of carbonyl (C=O) groups is 1. The fourth-order valence-corrected chi connectivity index (χ4v) is 2.76. The lowest BCUT2D eigenvalue weighted by atomic mass is 9.97. The molecule has 0 radical (unpaired) electrons. The highest BCUT2D eigenvalue weighted by Gasteiger charge is 2.09. The molecule has 1 heterocycles. The Hall–Kier alpha value is -2.88. The van der Waals surface area contributed by atoms with E-state index in [0.29, 0.717) is 18.0 Å². The maximum atomic E-state index is 12.4. The number of benzene rings is 2. The summed E-state index contributed by atoms with van der Waals surface area (Å²) < 4.78 is 0. The zero-order valence-electron chi connectivity index (χ0n) is 13.9. The molecule has 0 fully saturated rings. The van der Waals surface area contributed by atoms with Crippen LogP contribution in [0.4, 0.5) is 0 Å². The third-order valence-electron chi connectivity index (χ3n) is 4.10. The number of amides is 1. The highest BCUT2D eigenvalue weighted by molar-refractivity contribution is 5.94. The van der Waals surface area contributed by atoms with E-state index in [-0.39, 0.29) is 5.91 Å². The van der Waals surface area contributed by atoms with Gasteiger partial charge in [-0.3, -0.25) is 9.89 Å². The fraction of sp³-hybridized carbons (Fsp3) is 0.200. The smallest absolute Gasteiger partial charge is 0.251 e. The average molecular weight is 319 g/mol. The first-order valence-electron chi connectivity index (χ1n) is 8.10. The van der Waals surface area contributed by atoms with Gasteiger partial charge in [-0.15, -0.1) is 0 Å². The lowest BCUT2D eigenvalue weighted by molar-refractivity contribution is 0.0951. The third-order valence-corrected chi connectivity index (χ3v) is 4.10. The molecule has 0 bridgehead atoms. The van der Waals surface area contributed by atoms with Gasteiger partial charge in [-0.25, -0.2) is 0 Å². The van der Waals surface area contributed by atoms with E-state index in [9.17, 15) is 4.79 Å². The van der Waals surface area contributed by atoms with Crippen LogP contribution in [0.3, 0.4) is 0 Å². The predicted molar refractivity (Wildman–Crippen MR) is 95.7 cm³/mol. The molecule has 2 N–H and O–H groups in total. The number of hydrogen-bond acceptors (Lipinski definition) is 2. The maximum absolute atomic E-state index is 12.4. The second-order valence-electron chi connectivity index (χ2n) is 6.10. The molecule has 1 aromatic heterocycles. The Morgan fingerprint density at radius 1 is 1.08 bits per heavy atom.